The number of fused-ring (bicyclic) bond motifs is 2. The highest BCUT2D eigenvalue weighted by Gasteiger charge is 2.27. The Labute approximate surface area is 168 Å². The van der Waals surface area contributed by atoms with Crippen LogP contribution in [0.15, 0.2) is 10.6 Å². The van der Waals surface area contributed by atoms with E-state index in [-0.39, 0.29) is 5.82 Å². The third-order valence-electron chi connectivity index (χ3n) is 4.61. The first-order valence-electron chi connectivity index (χ1n) is 9.05. The lowest BCUT2D eigenvalue weighted by molar-refractivity contribution is 0.101. The fraction of sp³-hybridized carbons (Fsp3) is 0.333. The van der Waals surface area contributed by atoms with Crippen LogP contribution in [0.3, 0.4) is 0 Å². The first-order valence-corrected chi connectivity index (χ1v) is 9.86. The van der Waals surface area contributed by atoms with Crippen LogP contribution in [0.1, 0.15) is 38.3 Å². The summed E-state index contributed by atoms with van der Waals surface area (Å²) in [5.41, 5.74) is 3.48. The van der Waals surface area contributed by atoms with Crippen LogP contribution in [0.25, 0.3) is 17.2 Å². The molecule has 0 radical (unpaired) electrons. The van der Waals surface area contributed by atoms with Crippen molar-refractivity contribution in [2.75, 3.05) is 11.9 Å². The Hall–Kier alpha value is -3.18. The topological polar surface area (TPSA) is 120 Å². The summed E-state index contributed by atoms with van der Waals surface area (Å²) in [6, 6.07) is 1.88. The molecule has 0 saturated carbocycles. The summed E-state index contributed by atoms with van der Waals surface area (Å²) in [5.74, 6) is 0.918. The van der Waals surface area contributed by atoms with Crippen molar-refractivity contribution in [2.24, 2.45) is 0 Å². The summed E-state index contributed by atoms with van der Waals surface area (Å²) in [5, 5.41) is 11.7. The zero-order chi connectivity index (χ0) is 20.1. The fourth-order valence-corrected chi connectivity index (χ4v) is 4.54. The molecule has 1 N–H and O–H groups in total. The molecule has 5 heterocycles. The van der Waals surface area contributed by atoms with Gasteiger partial charge in [0.2, 0.25) is 5.82 Å². The van der Waals surface area contributed by atoms with Crippen molar-refractivity contribution >= 4 is 28.0 Å². The Bertz CT molecular complexity index is 1260. The van der Waals surface area contributed by atoms with E-state index in [1.165, 1.54) is 11.3 Å². The van der Waals surface area contributed by atoms with Crippen molar-refractivity contribution in [2.45, 2.75) is 33.8 Å². The highest BCUT2D eigenvalue weighted by Crippen LogP contribution is 2.42. The molecule has 29 heavy (non-hydrogen) atoms. The van der Waals surface area contributed by atoms with Gasteiger partial charge in [0.25, 0.3) is 17.6 Å². The van der Waals surface area contributed by atoms with Gasteiger partial charge >= 0.3 is 0 Å². The highest BCUT2D eigenvalue weighted by atomic mass is 32.1. The van der Waals surface area contributed by atoms with Crippen molar-refractivity contribution in [3.63, 3.8) is 0 Å². The molecular formula is C18H17N7O3S. The number of nitrogens with zero attached hydrogens (tertiary/aromatic N) is 6. The minimum Gasteiger partial charge on any atom is -0.376 e. The number of thiophene rings is 1. The number of carbonyl (C=O) groups excluding carboxylic acids is 1. The first-order chi connectivity index (χ1) is 14.0. The number of anilines is 1. The monoisotopic (exact) mass is 411 g/mol. The Morgan fingerprint density at radius 3 is 2.90 bits per heavy atom. The maximum Gasteiger partial charge on any atom is 0.296 e. The van der Waals surface area contributed by atoms with Gasteiger partial charge in [0.05, 0.1) is 18.8 Å². The van der Waals surface area contributed by atoms with Gasteiger partial charge in [0.1, 0.15) is 5.00 Å². The number of carbonyl (C=O) groups is 1. The Morgan fingerprint density at radius 2 is 2.10 bits per heavy atom. The SMILES string of the molecule is Cc1cc(C)n2nc(C(=O)Nc3sc4c(c3-c3nc(C)no3)CCOC4)nc2n1. The van der Waals surface area contributed by atoms with Crippen LogP contribution in [0.5, 0.6) is 0 Å². The van der Waals surface area contributed by atoms with Gasteiger partial charge in [0, 0.05) is 16.3 Å². The number of aryl methyl sites for hydroxylation is 3. The second-order valence-electron chi connectivity index (χ2n) is 6.80. The van der Waals surface area contributed by atoms with Crippen LogP contribution in [-0.4, -0.2) is 42.2 Å². The summed E-state index contributed by atoms with van der Waals surface area (Å²) in [6.07, 6.45) is 0.716. The van der Waals surface area contributed by atoms with E-state index in [4.69, 9.17) is 9.26 Å². The number of hydrogen-bond donors (Lipinski definition) is 1. The molecule has 0 fully saturated rings. The summed E-state index contributed by atoms with van der Waals surface area (Å²) in [7, 11) is 0. The molecule has 4 aromatic rings. The predicted octanol–water partition coefficient (Wildman–Crippen LogP) is 2.49. The Morgan fingerprint density at radius 1 is 1.24 bits per heavy atom. The number of ether oxygens (including phenoxy) is 1. The van der Waals surface area contributed by atoms with E-state index in [0.29, 0.717) is 42.1 Å². The molecule has 1 amide bonds. The normalized spacial score (nSPS) is 13.6. The second kappa shape index (κ2) is 6.71. The van der Waals surface area contributed by atoms with Crippen LogP contribution in [0.4, 0.5) is 5.00 Å². The van der Waals surface area contributed by atoms with Crippen LogP contribution in [-0.2, 0) is 17.8 Å². The van der Waals surface area contributed by atoms with Crippen LogP contribution in [0.2, 0.25) is 0 Å². The van der Waals surface area contributed by atoms with Crippen LogP contribution in [0, 0.1) is 20.8 Å². The van der Waals surface area contributed by atoms with Crippen molar-refractivity contribution in [3.05, 3.63) is 39.5 Å². The number of aromatic nitrogens is 6. The van der Waals surface area contributed by atoms with Crippen LogP contribution >= 0.6 is 11.3 Å². The summed E-state index contributed by atoms with van der Waals surface area (Å²) in [6.45, 7) is 6.62. The summed E-state index contributed by atoms with van der Waals surface area (Å²) in [4.78, 5) is 26.9. The molecule has 10 nitrogen and oxygen atoms in total. The van der Waals surface area contributed by atoms with Crippen molar-refractivity contribution in [1.29, 1.82) is 0 Å². The Balaban J connectivity index is 1.54. The van der Waals surface area contributed by atoms with E-state index in [9.17, 15) is 4.79 Å². The maximum atomic E-state index is 12.9. The Kier molecular flexibility index (Phi) is 4.14. The molecule has 1 aliphatic heterocycles. The quantitative estimate of drug-likeness (QED) is 0.546. The number of rotatable bonds is 3. The van der Waals surface area contributed by atoms with E-state index >= 15 is 0 Å². The molecule has 5 rings (SSSR count). The molecule has 0 aliphatic carbocycles. The van der Waals surface area contributed by atoms with E-state index in [2.05, 4.69) is 30.5 Å². The van der Waals surface area contributed by atoms with Gasteiger partial charge in [-0.25, -0.2) is 9.50 Å². The molecule has 0 aromatic carbocycles. The first kappa shape index (κ1) is 17.9. The standard InChI is InChI=1S/C18H17N7O3S/c1-8-6-9(2)25-18(19-8)21-14(23-25)15(26)22-17-13(16-20-10(3)24-28-16)11-4-5-27-7-12(11)29-17/h6H,4-5,7H2,1-3H3,(H,22,26). The van der Waals surface area contributed by atoms with Gasteiger partial charge in [-0.3, -0.25) is 4.79 Å². The third-order valence-corrected chi connectivity index (χ3v) is 5.73. The lowest BCUT2D eigenvalue weighted by Gasteiger charge is -2.12. The molecular weight excluding hydrogens is 394 g/mol. The maximum absolute atomic E-state index is 12.9. The second-order valence-corrected chi connectivity index (χ2v) is 7.90. The fourth-order valence-electron chi connectivity index (χ4n) is 3.37. The van der Waals surface area contributed by atoms with Gasteiger partial charge in [-0.1, -0.05) is 5.16 Å². The molecule has 11 heteroatoms. The zero-order valence-corrected chi connectivity index (χ0v) is 16.8. The smallest absolute Gasteiger partial charge is 0.296 e. The molecule has 0 saturated heterocycles. The van der Waals surface area contributed by atoms with Crippen molar-refractivity contribution in [1.82, 2.24) is 29.7 Å². The van der Waals surface area contributed by atoms with Gasteiger partial charge in [-0.2, -0.15) is 9.97 Å². The number of nitrogens with one attached hydrogen (secondary N) is 1. The molecule has 0 unspecified atom stereocenters. The molecule has 148 valence electrons. The largest absolute Gasteiger partial charge is 0.376 e. The van der Waals surface area contributed by atoms with E-state index in [1.807, 2.05) is 19.9 Å². The third kappa shape index (κ3) is 3.08. The number of amides is 1. The van der Waals surface area contributed by atoms with Crippen molar-refractivity contribution in [3.8, 4) is 11.5 Å². The summed E-state index contributed by atoms with van der Waals surface area (Å²) >= 11 is 1.44. The molecule has 0 spiro atoms. The minimum absolute atomic E-state index is 0.0430. The van der Waals surface area contributed by atoms with E-state index in [0.717, 1.165) is 27.4 Å². The van der Waals surface area contributed by atoms with Gasteiger partial charge < -0.3 is 14.6 Å². The number of hydrogen-bond acceptors (Lipinski definition) is 9. The van der Waals surface area contributed by atoms with Crippen molar-refractivity contribution < 1.29 is 14.1 Å². The summed E-state index contributed by atoms with van der Waals surface area (Å²) < 4.78 is 12.5. The molecule has 0 bridgehead atoms. The van der Waals surface area contributed by atoms with Crippen LogP contribution < -0.4 is 5.32 Å². The van der Waals surface area contributed by atoms with Gasteiger partial charge in [-0.15, -0.1) is 16.4 Å². The minimum atomic E-state index is -0.426. The average molecular weight is 411 g/mol. The molecule has 4 aromatic heterocycles. The lowest BCUT2D eigenvalue weighted by atomic mass is 10.1. The van der Waals surface area contributed by atoms with E-state index in [1.54, 1.807) is 11.4 Å². The zero-order valence-electron chi connectivity index (χ0n) is 16.0. The average Bonchev–Trinajstić information content (AvgIpc) is 3.37. The predicted molar refractivity (Wildman–Crippen MR) is 104 cm³/mol. The molecule has 1 aliphatic rings. The van der Waals surface area contributed by atoms with Gasteiger partial charge in [-0.05, 0) is 38.8 Å². The molecule has 0 atom stereocenters. The highest BCUT2D eigenvalue weighted by molar-refractivity contribution is 7.17. The lowest BCUT2D eigenvalue weighted by Crippen LogP contribution is -2.14. The van der Waals surface area contributed by atoms with Gasteiger partial charge in [0.15, 0.2) is 5.82 Å². The van der Waals surface area contributed by atoms with E-state index < -0.39 is 5.91 Å².